The summed E-state index contributed by atoms with van der Waals surface area (Å²) in [6.07, 6.45) is 0. The predicted molar refractivity (Wildman–Crippen MR) is 166 cm³/mol. The number of nitrogens with zero attached hydrogens (tertiary/aromatic N) is 2. The molecule has 186 valence electrons. The number of aromatic nitrogens is 2. The van der Waals surface area contributed by atoms with Gasteiger partial charge in [0.25, 0.3) is 0 Å². The first kappa shape index (κ1) is 23.5. The molecule has 0 fully saturated rings. The van der Waals surface area contributed by atoms with E-state index in [0.29, 0.717) is 0 Å². The van der Waals surface area contributed by atoms with Gasteiger partial charge in [-0.2, -0.15) is 0 Å². The fourth-order valence-electron chi connectivity index (χ4n) is 5.98. The molecule has 1 aliphatic rings. The van der Waals surface area contributed by atoms with Crippen molar-refractivity contribution in [3.8, 4) is 56.2 Å². The molecule has 6 aromatic rings. The van der Waals surface area contributed by atoms with E-state index < -0.39 is 8.07 Å². The van der Waals surface area contributed by atoms with Gasteiger partial charge in [-0.05, 0) is 38.7 Å². The van der Waals surface area contributed by atoms with Gasteiger partial charge in [-0.1, -0.05) is 140 Å². The van der Waals surface area contributed by atoms with Crippen LogP contribution in [0.3, 0.4) is 0 Å². The monoisotopic (exact) mass is 516 g/mol. The van der Waals surface area contributed by atoms with Gasteiger partial charge in [-0.15, -0.1) is 0 Å². The number of benzene rings is 5. The lowest BCUT2D eigenvalue weighted by Crippen LogP contribution is -2.50. The maximum Gasteiger partial charge on any atom is 0.160 e. The number of rotatable bonds is 4. The second-order valence-electron chi connectivity index (χ2n) is 10.7. The quantitative estimate of drug-likeness (QED) is 0.222. The van der Waals surface area contributed by atoms with E-state index in [1.807, 2.05) is 24.3 Å². The molecule has 1 aromatic heterocycles. The Hall–Kier alpha value is -4.60. The van der Waals surface area contributed by atoms with Gasteiger partial charge >= 0.3 is 0 Å². The molecule has 7 rings (SSSR count). The highest BCUT2D eigenvalue weighted by Gasteiger charge is 2.39. The molecule has 0 radical (unpaired) electrons. The van der Waals surface area contributed by atoms with Crippen molar-refractivity contribution in [2.24, 2.45) is 0 Å². The molecule has 0 amide bonds. The summed E-state index contributed by atoms with van der Waals surface area (Å²) in [5.74, 6) is 0.738. The van der Waals surface area contributed by atoms with Gasteiger partial charge in [0, 0.05) is 16.7 Å². The summed E-state index contributed by atoms with van der Waals surface area (Å²) in [7, 11) is -1.80. The molecule has 2 heterocycles. The molecule has 0 spiro atoms. The molecule has 5 aromatic carbocycles. The van der Waals surface area contributed by atoms with E-state index in [1.165, 1.54) is 27.4 Å². The molecule has 0 unspecified atom stereocenters. The van der Waals surface area contributed by atoms with Crippen molar-refractivity contribution in [1.29, 1.82) is 0 Å². The second-order valence-corrected chi connectivity index (χ2v) is 15.0. The molecule has 0 saturated heterocycles. The van der Waals surface area contributed by atoms with Crippen LogP contribution in [0, 0.1) is 0 Å². The zero-order valence-electron chi connectivity index (χ0n) is 22.1. The van der Waals surface area contributed by atoms with E-state index in [4.69, 9.17) is 9.97 Å². The number of hydrogen-bond acceptors (Lipinski definition) is 2. The van der Waals surface area contributed by atoms with Crippen LogP contribution in [0.25, 0.3) is 56.2 Å². The summed E-state index contributed by atoms with van der Waals surface area (Å²) in [5.41, 5.74) is 10.5. The van der Waals surface area contributed by atoms with Crippen LogP contribution >= 0.6 is 0 Å². The van der Waals surface area contributed by atoms with E-state index in [0.717, 1.165) is 33.9 Å². The first-order valence-electron chi connectivity index (χ1n) is 13.4. The third-order valence-electron chi connectivity index (χ3n) is 7.90. The fourth-order valence-corrected chi connectivity index (χ4v) is 9.44. The molecule has 39 heavy (non-hydrogen) atoms. The Morgan fingerprint density at radius 1 is 0.436 bits per heavy atom. The lowest BCUT2D eigenvalue weighted by Gasteiger charge is -2.22. The Bertz CT molecular complexity index is 1750. The Labute approximate surface area is 230 Å². The average Bonchev–Trinajstić information content (AvgIpc) is 3.25. The molecule has 3 heteroatoms. The van der Waals surface area contributed by atoms with Crippen molar-refractivity contribution in [1.82, 2.24) is 9.97 Å². The van der Waals surface area contributed by atoms with Gasteiger partial charge < -0.3 is 0 Å². The zero-order valence-corrected chi connectivity index (χ0v) is 23.1. The van der Waals surface area contributed by atoms with Crippen LogP contribution in [0.5, 0.6) is 0 Å². The van der Waals surface area contributed by atoms with Crippen LogP contribution in [-0.4, -0.2) is 18.0 Å². The number of hydrogen-bond donors (Lipinski definition) is 0. The minimum absolute atomic E-state index is 0.738. The van der Waals surface area contributed by atoms with Crippen molar-refractivity contribution in [2.75, 3.05) is 0 Å². The lowest BCUT2D eigenvalue weighted by molar-refractivity contribution is 1.18. The highest BCUT2D eigenvalue weighted by Crippen LogP contribution is 2.34. The Balaban J connectivity index is 1.32. The third-order valence-corrected chi connectivity index (χ3v) is 11.5. The zero-order chi connectivity index (χ0) is 26.4. The van der Waals surface area contributed by atoms with Crippen molar-refractivity contribution in [3.63, 3.8) is 0 Å². The van der Waals surface area contributed by atoms with E-state index in [2.05, 4.69) is 122 Å². The largest absolute Gasteiger partial charge is 0.228 e. The van der Waals surface area contributed by atoms with Crippen LogP contribution in [0.4, 0.5) is 0 Å². The molecule has 1 aliphatic heterocycles. The first-order valence-corrected chi connectivity index (χ1v) is 16.4. The Morgan fingerprint density at radius 3 is 1.64 bits per heavy atom. The van der Waals surface area contributed by atoms with E-state index in [1.54, 1.807) is 5.19 Å². The first-order chi connectivity index (χ1) is 19.1. The van der Waals surface area contributed by atoms with E-state index in [-0.39, 0.29) is 0 Å². The second kappa shape index (κ2) is 9.30. The van der Waals surface area contributed by atoms with Crippen molar-refractivity contribution >= 4 is 18.4 Å². The van der Waals surface area contributed by atoms with Gasteiger partial charge in [0.15, 0.2) is 5.82 Å². The highest BCUT2D eigenvalue weighted by molar-refractivity contribution is 7.04. The SMILES string of the molecule is C[Si]1(C)c2ccccc2-c2cccc(-c3ccc(-c4cc(-c5ccccc5)nc(-c5ccccc5)n4)cc3)c21. The summed E-state index contributed by atoms with van der Waals surface area (Å²) in [4.78, 5) is 9.94. The minimum atomic E-state index is -1.80. The molecule has 0 aliphatic carbocycles. The maximum absolute atomic E-state index is 5.01. The van der Waals surface area contributed by atoms with E-state index >= 15 is 0 Å². The fraction of sp³-hybridized carbons (Fsp3) is 0.0556. The van der Waals surface area contributed by atoms with Gasteiger partial charge in [0.05, 0.1) is 11.4 Å². The minimum Gasteiger partial charge on any atom is -0.228 e. The van der Waals surface area contributed by atoms with Gasteiger partial charge in [0.1, 0.15) is 8.07 Å². The van der Waals surface area contributed by atoms with E-state index in [9.17, 15) is 0 Å². The Kier molecular flexibility index (Phi) is 5.61. The molecule has 0 atom stereocenters. The standard InChI is InChI=1S/C36H28N2Si/c1-39(2)34-19-10-9-16-30(34)31-18-11-17-29(35(31)39)25-20-22-27(23-21-25)33-24-32(26-12-5-3-6-13-26)37-36(38-33)28-14-7-4-8-15-28/h3-24H,1-2H3. The summed E-state index contributed by atoms with van der Waals surface area (Å²) in [6, 6.07) is 47.3. The van der Waals surface area contributed by atoms with Crippen LogP contribution in [-0.2, 0) is 0 Å². The van der Waals surface area contributed by atoms with Crippen LogP contribution in [0.2, 0.25) is 13.1 Å². The summed E-state index contributed by atoms with van der Waals surface area (Å²) in [6.45, 7) is 4.96. The normalized spacial score (nSPS) is 13.1. The van der Waals surface area contributed by atoms with Gasteiger partial charge in [-0.3, -0.25) is 0 Å². The molecule has 0 N–H and O–H groups in total. The third kappa shape index (κ3) is 4.03. The molecule has 0 bridgehead atoms. The molecular weight excluding hydrogens is 488 g/mol. The maximum atomic E-state index is 5.01. The summed E-state index contributed by atoms with van der Waals surface area (Å²) >= 11 is 0. The highest BCUT2D eigenvalue weighted by atomic mass is 28.3. The summed E-state index contributed by atoms with van der Waals surface area (Å²) in [5, 5.41) is 3.07. The van der Waals surface area contributed by atoms with Crippen molar-refractivity contribution in [2.45, 2.75) is 13.1 Å². The average molecular weight is 517 g/mol. The number of fused-ring (bicyclic) bond motifs is 3. The lowest BCUT2D eigenvalue weighted by atomic mass is 9.97. The molecule has 2 nitrogen and oxygen atoms in total. The topological polar surface area (TPSA) is 25.8 Å². The van der Waals surface area contributed by atoms with Crippen LogP contribution < -0.4 is 10.4 Å². The van der Waals surface area contributed by atoms with Gasteiger partial charge in [0.2, 0.25) is 0 Å². The molecule has 0 saturated carbocycles. The predicted octanol–water partition coefficient (Wildman–Crippen LogP) is 7.95. The molecular formula is C36H28N2Si. The Morgan fingerprint density at radius 2 is 0.949 bits per heavy atom. The smallest absolute Gasteiger partial charge is 0.160 e. The van der Waals surface area contributed by atoms with Crippen LogP contribution in [0.15, 0.2) is 133 Å². The summed E-state index contributed by atoms with van der Waals surface area (Å²) < 4.78 is 0. The van der Waals surface area contributed by atoms with Crippen LogP contribution in [0.1, 0.15) is 0 Å². The van der Waals surface area contributed by atoms with Gasteiger partial charge in [-0.25, -0.2) is 9.97 Å². The van der Waals surface area contributed by atoms with Crippen molar-refractivity contribution in [3.05, 3.63) is 133 Å². The van der Waals surface area contributed by atoms with Crippen molar-refractivity contribution < 1.29 is 0 Å².